The Morgan fingerprint density at radius 2 is 2.08 bits per heavy atom. The first kappa shape index (κ1) is 8.95. The van der Waals surface area contributed by atoms with Gasteiger partial charge in [0.15, 0.2) is 0 Å². The summed E-state index contributed by atoms with van der Waals surface area (Å²) in [5, 5.41) is 9.97. The van der Waals surface area contributed by atoms with E-state index in [1.807, 2.05) is 6.20 Å². The Morgan fingerprint density at radius 3 is 2.50 bits per heavy atom. The molecule has 0 unspecified atom stereocenters. The van der Waals surface area contributed by atoms with Crippen molar-refractivity contribution in [2.24, 2.45) is 0 Å². The van der Waals surface area contributed by atoms with Gasteiger partial charge in [0.2, 0.25) is 0 Å². The van der Waals surface area contributed by atoms with Gasteiger partial charge in [-0.3, -0.25) is 4.98 Å². The average molecular weight is 176 g/mol. The first-order chi connectivity index (χ1) is 5.55. The number of hydrogen-bond donors (Lipinski definition) is 0. The molecule has 0 aliphatic rings. The summed E-state index contributed by atoms with van der Waals surface area (Å²) in [4.78, 5) is 4.04. The van der Waals surface area contributed by atoms with Crippen molar-refractivity contribution in [1.82, 2.24) is 4.98 Å². The van der Waals surface area contributed by atoms with Gasteiger partial charge in [-0.1, -0.05) is 19.6 Å². The summed E-state index contributed by atoms with van der Waals surface area (Å²) in [6, 6.07) is 3.98. The number of nitrogens with zero attached hydrogens (tertiary/aromatic N) is 2. The Balaban J connectivity index is 3.26. The van der Waals surface area contributed by atoms with Crippen molar-refractivity contribution in [3.8, 4) is 6.07 Å². The Bertz CT molecular complexity index is 320. The third-order valence-corrected chi connectivity index (χ3v) is 3.76. The Hall–Kier alpha value is -1.14. The van der Waals surface area contributed by atoms with Crippen molar-refractivity contribution in [2.75, 3.05) is 0 Å². The Labute approximate surface area is 73.9 Å². The molecule has 1 rings (SSSR count). The molecule has 0 amide bonds. The number of pyridine rings is 1. The van der Waals surface area contributed by atoms with Crippen molar-refractivity contribution >= 4 is 13.3 Å². The van der Waals surface area contributed by atoms with Gasteiger partial charge in [0, 0.05) is 12.4 Å². The highest BCUT2D eigenvalue weighted by Gasteiger charge is 2.19. The van der Waals surface area contributed by atoms with E-state index in [1.54, 1.807) is 12.3 Å². The van der Waals surface area contributed by atoms with Crippen molar-refractivity contribution in [1.29, 1.82) is 5.26 Å². The Kier molecular flexibility index (Phi) is 2.29. The van der Waals surface area contributed by atoms with Crippen molar-refractivity contribution in [3.63, 3.8) is 0 Å². The quantitative estimate of drug-likeness (QED) is 0.608. The lowest BCUT2D eigenvalue weighted by atomic mass is 10.3. The molecule has 12 heavy (non-hydrogen) atoms. The zero-order valence-corrected chi connectivity index (χ0v) is 8.63. The van der Waals surface area contributed by atoms with Crippen LogP contribution in [0.2, 0.25) is 19.6 Å². The highest BCUT2D eigenvalue weighted by atomic mass is 28.3. The topological polar surface area (TPSA) is 36.7 Å². The molecule has 0 atom stereocenters. The molecule has 1 aromatic rings. The maximum Gasteiger partial charge on any atom is 0.0991 e. The SMILES string of the molecule is C[Si](C)(C)c1cnccc1C#N. The number of rotatable bonds is 1. The summed E-state index contributed by atoms with van der Waals surface area (Å²) < 4.78 is 0. The molecule has 0 aliphatic heterocycles. The second kappa shape index (κ2) is 3.08. The predicted octanol–water partition coefficient (Wildman–Crippen LogP) is 1.50. The fraction of sp³-hybridized carbons (Fsp3) is 0.333. The number of hydrogen-bond acceptors (Lipinski definition) is 2. The van der Waals surface area contributed by atoms with E-state index < -0.39 is 8.07 Å². The van der Waals surface area contributed by atoms with Gasteiger partial charge in [-0.15, -0.1) is 0 Å². The van der Waals surface area contributed by atoms with Crippen LogP contribution in [0.5, 0.6) is 0 Å². The van der Waals surface area contributed by atoms with Crippen LogP contribution in [0.4, 0.5) is 0 Å². The molecule has 0 bridgehead atoms. The Morgan fingerprint density at radius 1 is 1.42 bits per heavy atom. The second-order valence-electron chi connectivity index (χ2n) is 3.78. The average Bonchev–Trinajstić information content (AvgIpc) is 2.03. The molecule has 62 valence electrons. The van der Waals surface area contributed by atoms with Crippen molar-refractivity contribution in [2.45, 2.75) is 19.6 Å². The lowest BCUT2D eigenvalue weighted by Crippen LogP contribution is -2.39. The lowest BCUT2D eigenvalue weighted by Gasteiger charge is -2.16. The largest absolute Gasteiger partial charge is 0.265 e. The molecule has 0 fully saturated rings. The molecular weight excluding hydrogens is 164 g/mol. The lowest BCUT2D eigenvalue weighted by molar-refractivity contribution is 1.32. The summed E-state index contributed by atoms with van der Waals surface area (Å²) in [5.74, 6) is 0. The van der Waals surface area contributed by atoms with Crippen LogP contribution in [0.3, 0.4) is 0 Å². The second-order valence-corrected chi connectivity index (χ2v) is 8.82. The van der Waals surface area contributed by atoms with E-state index in [1.165, 1.54) is 0 Å². The summed E-state index contributed by atoms with van der Waals surface area (Å²) in [5.41, 5.74) is 0.782. The number of nitriles is 1. The normalized spacial score (nSPS) is 10.8. The fourth-order valence-electron chi connectivity index (χ4n) is 1.09. The first-order valence-electron chi connectivity index (χ1n) is 3.90. The predicted molar refractivity (Wildman–Crippen MR) is 51.9 cm³/mol. The molecule has 0 N–H and O–H groups in total. The number of aromatic nitrogens is 1. The van der Waals surface area contributed by atoms with Gasteiger partial charge in [0.25, 0.3) is 0 Å². The van der Waals surface area contributed by atoms with Gasteiger partial charge < -0.3 is 0 Å². The van der Waals surface area contributed by atoms with Gasteiger partial charge in [-0.25, -0.2) is 0 Å². The maximum absolute atomic E-state index is 8.83. The molecule has 1 aromatic heterocycles. The molecule has 0 spiro atoms. The zero-order valence-electron chi connectivity index (χ0n) is 7.63. The highest BCUT2D eigenvalue weighted by Crippen LogP contribution is 2.04. The minimum Gasteiger partial charge on any atom is -0.265 e. The van der Waals surface area contributed by atoms with E-state index in [0.29, 0.717) is 0 Å². The maximum atomic E-state index is 8.83. The van der Waals surface area contributed by atoms with E-state index in [-0.39, 0.29) is 0 Å². The van der Waals surface area contributed by atoms with Crippen LogP contribution in [0.1, 0.15) is 5.56 Å². The van der Waals surface area contributed by atoms with Gasteiger partial charge in [0.1, 0.15) is 0 Å². The molecule has 0 radical (unpaired) electrons. The van der Waals surface area contributed by atoms with Crippen LogP contribution in [0.25, 0.3) is 0 Å². The molecule has 0 aliphatic carbocycles. The standard InChI is InChI=1S/C9H12N2Si/c1-12(2,3)9-7-11-5-4-8(9)6-10/h4-5,7H,1-3H3. The first-order valence-corrected chi connectivity index (χ1v) is 7.40. The summed E-state index contributed by atoms with van der Waals surface area (Å²) >= 11 is 0. The minimum atomic E-state index is -1.38. The molecule has 0 aromatic carbocycles. The van der Waals surface area contributed by atoms with E-state index in [4.69, 9.17) is 5.26 Å². The monoisotopic (exact) mass is 176 g/mol. The van der Waals surface area contributed by atoms with Gasteiger partial charge in [0.05, 0.1) is 19.7 Å². The summed E-state index contributed by atoms with van der Waals surface area (Å²) in [6.07, 6.45) is 3.49. The highest BCUT2D eigenvalue weighted by molar-refractivity contribution is 6.89. The molecular formula is C9H12N2Si. The third kappa shape index (κ3) is 1.71. The van der Waals surface area contributed by atoms with E-state index in [9.17, 15) is 0 Å². The van der Waals surface area contributed by atoms with Crippen LogP contribution in [0.15, 0.2) is 18.5 Å². The molecule has 1 heterocycles. The van der Waals surface area contributed by atoms with Gasteiger partial charge in [-0.2, -0.15) is 5.26 Å². The fourth-order valence-corrected chi connectivity index (χ4v) is 2.50. The van der Waals surface area contributed by atoms with E-state index >= 15 is 0 Å². The van der Waals surface area contributed by atoms with Crippen molar-refractivity contribution in [3.05, 3.63) is 24.0 Å². The van der Waals surface area contributed by atoms with Gasteiger partial charge >= 0.3 is 0 Å². The summed E-state index contributed by atoms with van der Waals surface area (Å²) in [6.45, 7) is 6.64. The molecule has 3 heteroatoms. The molecule has 2 nitrogen and oxygen atoms in total. The van der Waals surface area contributed by atoms with Crippen LogP contribution < -0.4 is 5.19 Å². The summed E-state index contributed by atoms with van der Waals surface area (Å²) in [7, 11) is -1.38. The van der Waals surface area contributed by atoms with Gasteiger partial charge in [-0.05, 0) is 11.3 Å². The van der Waals surface area contributed by atoms with Crippen molar-refractivity contribution < 1.29 is 0 Å². The zero-order chi connectivity index (χ0) is 9.19. The van der Waals surface area contributed by atoms with Crippen LogP contribution in [-0.4, -0.2) is 13.1 Å². The van der Waals surface area contributed by atoms with Crippen LogP contribution in [0, 0.1) is 11.3 Å². The van der Waals surface area contributed by atoms with E-state index in [2.05, 4.69) is 30.7 Å². The van der Waals surface area contributed by atoms with E-state index in [0.717, 1.165) is 10.8 Å². The smallest absolute Gasteiger partial charge is 0.0991 e. The molecule has 0 saturated carbocycles. The van der Waals surface area contributed by atoms with Crippen LogP contribution in [-0.2, 0) is 0 Å². The molecule has 0 saturated heterocycles. The minimum absolute atomic E-state index is 0.782. The van der Waals surface area contributed by atoms with Crippen LogP contribution >= 0.6 is 0 Å². The third-order valence-electron chi connectivity index (χ3n) is 1.75.